The average Bonchev–Trinajstić information content (AvgIpc) is 2.95. The molecule has 1 aromatic rings. The van der Waals surface area contributed by atoms with E-state index in [4.69, 9.17) is 0 Å². The van der Waals surface area contributed by atoms with Crippen LogP contribution in [0.25, 0.3) is 0 Å². The van der Waals surface area contributed by atoms with Gasteiger partial charge in [0.05, 0.1) is 16.5 Å². The van der Waals surface area contributed by atoms with E-state index in [0.29, 0.717) is 41.0 Å². The lowest BCUT2D eigenvalue weighted by molar-refractivity contribution is -0.124. The molecule has 0 bridgehead atoms. The number of nitrogens with one attached hydrogen (secondary N) is 2. The van der Waals surface area contributed by atoms with Crippen molar-refractivity contribution in [2.45, 2.75) is 39.5 Å². The number of hydrogen-bond donors (Lipinski definition) is 2. The monoisotopic (exact) mass is 349 g/mol. The lowest BCUT2D eigenvalue weighted by Crippen LogP contribution is -2.35. The fourth-order valence-corrected chi connectivity index (χ4v) is 3.48. The zero-order valence-electron chi connectivity index (χ0n) is 14.1. The minimum absolute atomic E-state index is 0.0880. The molecule has 7 heteroatoms. The van der Waals surface area contributed by atoms with Gasteiger partial charge in [-0.2, -0.15) is 0 Å². The van der Waals surface area contributed by atoms with Gasteiger partial charge in [0.1, 0.15) is 0 Å². The van der Waals surface area contributed by atoms with Crippen LogP contribution in [0.4, 0.5) is 5.13 Å². The first kappa shape index (κ1) is 18.3. The molecule has 0 radical (unpaired) electrons. The number of carbonyl (C=O) groups excluding carboxylic acids is 3. The fourth-order valence-electron chi connectivity index (χ4n) is 2.52. The first-order chi connectivity index (χ1) is 11.4. The van der Waals surface area contributed by atoms with Gasteiger partial charge in [-0.25, -0.2) is 4.98 Å². The number of aromatic nitrogens is 1. The Hall–Kier alpha value is -2.02. The van der Waals surface area contributed by atoms with Crippen LogP contribution in [0.2, 0.25) is 0 Å². The van der Waals surface area contributed by atoms with Crippen LogP contribution >= 0.6 is 11.3 Å². The molecular formula is C17H23N3O3S. The molecule has 0 unspecified atom stereocenters. The lowest BCUT2D eigenvalue weighted by atomic mass is 9.89. The summed E-state index contributed by atoms with van der Waals surface area (Å²) >= 11 is 1.20. The van der Waals surface area contributed by atoms with Gasteiger partial charge in [-0.1, -0.05) is 37.7 Å². The molecule has 1 aliphatic carbocycles. The number of nitrogens with zero attached hydrogens (tertiary/aromatic N) is 1. The number of ketones is 1. The maximum Gasteiger partial charge on any atom is 0.226 e. The maximum absolute atomic E-state index is 12.3. The van der Waals surface area contributed by atoms with E-state index >= 15 is 0 Å². The Bertz CT molecular complexity index is 654. The highest BCUT2D eigenvalue weighted by Gasteiger charge is 2.33. The Labute approximate surface area is 145 Å². The number of thiazole rings is 1. The van der Waals surface area contributed by atoms with Crippen molar-refractivity contribution in [1.29, 1.82) is 0 Å². The van der Waals surface area contributed by atoms with E-state index in [-0.39, 0.29) is 24.0 Å². The number of amides is 2. The van der Waals surface area contributed by atoms with Crippen molar-refractivity contribution in [3.8, 4) is 0 Å². The molecule has 0 aromatic carbocycles. The van der Waals surface area contributed by atoms with Crippen LogP contribution < -0.4 is 10.6 Å². The quantitative estimate of drug-likeness (QED) is 0.741. The van der Waals surface area contributed by atoms with Gasteiger partial charge in [0.25, 0.3) is 0 Å². The summed E-state index contributed by atoms with van der Waals surface area (Å²) in [6, 6.07) is 0. The highest BCUT2D eigenvalue weighted by Crippen LogP contribution is 2.32. The molecule has 1 aromatic heterocycles. The van der Waals surface area contributed by atoms with Gasteiger partial charge in [0.2, 0.25) is 11.8 Å². The fraction of sp³-hybridized carbons (Fsp3) is 0.529. The SMILES string of the molecule is C=CCNC(=O)[C@H]1CC(=O)c2sc(NC(=O)C[C@@H](C)CC)nc2C1. The first-order valence-corrected chi connectivity index (χ1v) is 8.97. The van der Waals surface area contributed by atoms with Crippen LogP contribution in [0.3, 0.4) is 0 Å². The van der Waals surface area contributed by atoms with E-state index in [9.17, 15) is 14.4 Å². The van der Waals surface area contributed by atoms with Crippen LogP contribution in [0.1, 0.15) is 48.5 Å². The molecule has 0 aliphatic heterocycles. The van der Waals surface area contributed by atoms with Gasteiger partial charge in [-0.15, -0.1) is 6.58 Å². The summed E-state index contributed by atoms with van der Waals surface area (Å²) < 4.78 is 0. The molecule has 0 fully saturated rings. The number of carbonyl (C=O) groups is 3. The highest BCUT2D eigenvalue weighted by atomic mass is 32.1. The van der Waals surface area contributed by atoms with Crippen molar-refractivity contribution in [3.05, 3.63) is 23.2 Å². The van der Waals surface area contributed by atoms with Crippen LogP contribution in [0.15, 0.2) is 12.7 Å². The Morgan fingerprint density at radius 3 is 2.88 bits per heavy atom. The summed E-state index contributed by atoms with van der Waals surface area (Å²) in [4.78, 5) is 41.2. The molecule has 0 saturated heterocycles. The third-order valence-electron chi connectivity index (χ3n) is 4.09. The van der Waals surface area contributed by atoms with E-state index in [1.54, 1.807) is 6.08 Å². The molecule has 24 heavy (non-hydrogen) atoms. The summed E-state index contributed by atoms with van der Waals surface area (Å²) in [6.45, 7) is 7.99. The molecule has 6 nitrogen and oxygen atoms in total. The molecule has 2 rings (SSSR count). The van der Waals surface area contributed by atoms with Crippen molar-refractivity contribution in [2.75, 3.05) is 11.9 Å². The second-order valence-electron chi connectivity index (χ2n) is 6.12. The molecule has 2 N–H and O–H groups in total. The summed E-state index contributed by atoms with van der Waals surface area (Å²) in [5.74, 6) is -0.447. The third kappa shape index (κ3) is 4.50. The second kappa shape index (κ2) is 8.19. The highest BCUT2D eigenvalue weighted by molar-refractivity contribution is 7.17. The third-order valence-corrected chi connectivity index (χ3v) is 5.14. The number of Topliss-reactive ketones (excluding diaryl/α,β-unsaturated/α-hetero) is 1. The summed E-state index contributed by atoms with van der Waals surface area (Å²) in [5, 5.41) is 5.92. The number of hydrogen-bond acceptors (Lipinski definition) is 5. The molecule has 1 aliphatic rings. The summed E-state index contributed by atoms with van der Waals surface area (Å²) in [6.07, 6.45) is 3.56. The zero-order valence-corrected chi connectivity index (χ0v) is 14.9. The van der Waals surface area contributed by atoms with Crippen LogP contribution in [-0.4, -0.2) is 29.1 Å². The lowest BCUT2D eigenvalue weighted by Gasteiger charge is -2.19. The Morgan fingerprint density at radius 2 is 2.21 bits per heavy atom. The van der Waals surface area contributed by atoms with Crippen molar-refractivity contribution in [2.24, 2.45) is 11.8 Å². The van der Waals surface area contributed by atoms with E-state index in [1.807, 2.05) is 13.8 Å². The second-order valence-corrected chi connectivity index (χ2v) is 7.12. The molecule has 1 heterocycles. The summed E-state index contributed by atoms with van der Waals surface area (Å²) in [7, 11) is 0. The first-order valence-electron chi connectivity index (χ1n) is 8.15. The minimum Gasteiger partial charge on any atom is -0.352 e. The van der Waals surface area contributed by atoms with Gasteiger partial charge in [0, 0.05) is 25.8 Å². The Balaban J connectivity index is 2.04. The topological polar surface area (TPSA) is 88.2 Å². The summed E-state index contributed by atoms with van der Waals surface area (Å²) in [5.41, 5.74) is 0.605. The number of anilines is 1. The van der Waals surface area contributed by atoms with Gasteiger partial charge in [-0.3, -0.25) is 14.4 Å². The minimum atomic E-state index is -0.407. The predicted octanol–water partition coefficient (Wildman–Crippen LogP) is 2.57. The van der Waals surface area contributed by atoms with E-state index in [0.717, 1.165) is 6.42 Å². The maximum atomic E-state index is 12.3. The van der Waals surface area contributed by atoms with Crippen LogP contribution in [-0.2, 0) is 16.0 Å². The van der Waals surface area contributed by atoms with Crippen molar-refractivity contribution < 1.29 is 14.4 Å². The van der Waals surface area contributed by atoms with Crippen LogP contribution in [0, 0.1) is 11.8 Å². The van der Waals surface area contributed by atoms with Gasteiger partial charge >= 0.3 is 0 Å². The molecular weight excluding hydrogens is 326 g/mol. The van der Waals surface area contributed by atoms with E-state index < -0.39 is 5.92 Å². The smallest absolute Gasteiger partial charge is 0.226 e. The standard InChI is InChI=1S/C17H23N3O3S/c1-4-6-18-16(23)11-8-12-15(13(21)9-11)24-17(19-12)20-14(22)7-10(3)5-2/h4,10-11H,1,5-9H2,2-3H3,(H,18,23)(H,19,20,22)/t10-,11+/m0/s1. The van der Waals surface area contributed by atoms with Crippen molar-refractivity contribution >= 4 is 34.1 Å². The van der Waals surface area contributed by atoms with Gasteiger partial charge in [-0.05, 0) is 5.92 Å². The zero-order chi connectivity index (χ0) is 17.7. The molecule has 0 saturated carbocycles. The van der Waals surface area contributed by atoms with Gasteiger partial charge < -0.3 is 10.6 Å². The largest absolute Gasteiger partial charge is 0.352 e. The van der Waals surface area contributed by atoms with E-state index in [1.165, 1.54) is 11.3 Å². The predicted molar refractivity (Wildman–Crippen MR) is 94.2 cm³/mol. The van der Waals surface area contributed by atoms with Crippen LogP contribution in [0.5, 0.6) is 0 Å². The van der Waals surface area contributed by atoms with E-state index in [2.05, 4.69) is 22.2 Å². The Kier molecular flexibility index (Phi) is 6.25. The molecule has 130 valence electrons. The van der Waals surface area contributed by atoms with Crippen molar-refractivity contribution in [3.63, 3.8) is 0 Å². The molecule has 2 atom stereocenters. The number of fused-ring (bicyclic) bond motifs is 1. The van der Waals surface area contributed by atoms with Gasteiger partial charge in [0.15, 0.2) is 10.9 Å². The molecule has 0 spiro atoms. The molecule has 2 amide bonds. The normalized spacial score (nSPS) is 17.8. The average molecular weight is 349 g/mol. The number of rotatable bonds is 7. The van der Waals surface area contributed by atoms with Crippen molar-refractivity contribution in [1.82, 2.24) is 10.3 Å². The Morgan fingerprint density at radius 1 is 1.46 bits per heavy atom.